The fourth-order valence-electron chi connectivity index (χ4n) is 2.31. The van der Waals surface area contributed by atoms with Gasteiger partial charge in [0.15, 0.2) is 0 Å². The molecule has 0 aliphatic carbocycles. The number of aliphatic hydroxyl groups is 1. The molecule has 4 nitrogen and oxygen atoms in total. The minimum atomic E-state index is 0.122. The van der Waals surface area contributed by atoms with E-state index in [1.54, 1.807) is 0 Å². The van der Waals surface area contributed by atoms with Crippen molar-refractivity contribution in [3.8, 4) is 0 Å². The van der Waals surface area contributed by atoms with Gasteiger partial charge in [0, 0.05) is 26.1 Å². The van der Waals surface area contributed by atoms with Crippen LogP contribution in [0.4, 0.5) is 0 Å². The highest BCUT2D eigenvalue weighted by Gasteiger charge is 2.23. The highest BCUT2D eigenvalue weighted by Crippen LogP contribution is 2.18. The molecule has 2 rings (SSSR count). The zero-order valence-electron chi connectivity index (χ0n) is 9.19. The van der Waals surface area contributed by atoms with E-state index in [9.17, 15) is 0 Å². The van der Waals surface area contributed by atoms with Crippen molar-refractivity contribution < 1.29 is 9.84 Å². The predicted octanol–water partition coefficient (Wildman–Crippen LogP) is 0.652. The van der Waals surface area contributed by atoms with E-state index in [0.717, 1.165) is 45.3 Å². The molecule has 15 heavy (non-hydrogen) atoms. The molecule has 0 spiro atoms. The number of hydrogen-bond donors (Lipinski definition) is 1. The standard InChI is InChI=1S/C11H20N2O2/c14-7-8-15-10-3-1-4-11-12-5-2-6-13(11)9-10/h10,14H,1-9H2. The molecule has 1 unspecified atom stereocenters. The number of rotatable bonds is 3. The summed E-state index contributed by atoms with van der Waals surface area (Å²) in [5.74, 6) is 1.27. The molecule has 1 fully saturated rings. The molecule has 2 aliphatic rings. The minimum absolute atomic E-state index is 0.122. The van der Waals surface area contributed by atoms with E-state index in [0.29, 0.717) is 6.61 Å². The third-order valence-corrected chi connectivity index (χ3v) is 3.04. The largest absolute Gasteiger partial charge is 0.394 e. The van der Waals surface area contributed by atoms with Crippen LogP contribution in [-0.2, 0) is 4.74 Å². The first kappa shape index (κ1) is 10.9. The lowest BCUT2D eigenvalue weighted by molar-refractivity contribution is 0.0151. The third kappa shape index (κ3) is 2.92. The summed E-state index contributed by atoms with van der Waals surface area (Å²) in [5, 5.41) is 8.74. The van der Waals surface area contributed by atoms with Gasteiger partial charge in [0.1, 0.15) is 0 Å². The zero-order chi connectivity index (χ0) is 10.5. The first-order valence-electron chi connectivity index (χ1n) is 5.91. The van der Waals surface area contributed by atoms with E-state index in [1.165, 1.54) is 5.84 Å². The number of fused-ring (bicyclic) bond motifs is 1. The van der Waals surface area contributed by atoms with Gasteiger partial charge in [0.2, 0.25) is 0 Å². The van der Waals surface area contributed by atoms with Gasteiger partial charge in [-0.25, -0.2) is 0 Å². The van der Waals surface area contributed by atoms with Crippen molar-refractivity contribution in [2.45, 2.75) is 31.8 Å². The number of aliphatic imine (C=N–C) groups is 1. The van der Waals surface area contributed by atoms with Gasteiger partial charge in [-0.3, -0.25) is 4.99 Å². The normalized spacial score (nSPS) is 26.9. The molecule has 0 aromatic rings. The molecule has 86 valence electrons. The number of nitrogens with zero attached hydrogens (tertiary/aromatic N) is 2. The van der Waals surface area contributed by atoms with Crippen LogP contribution >= 0.6 is 0 Å². The lowest BCUT2D eigenvalue weighted by atomic mass is 10.2. The van der Waals surface area contributed by atoms with Gasteiger partial charge in [-0.05, 0) is 19.3 Å². The number of amidine groups is 1. The summed E-state index contributed by atoms with van der Waals surface area (Å²) in [6.07, 6.45) is 4.79. The highest BCUT2D eigenvalue weighted by atomic mass is 16.5. The van der Waals surface area contributed by atoms with Crippen LogP contribution in [0.2, 0.25) is 0 Å². The molecule has 0 aromatic carbocycles. The van der Waals surface area contributed by atoms with Crippen molar-refractivity contribution in [3.05, 3.63) is 0 Å². The van der Waals surface area contributed by atoms with Gasteiger partial charge in [0.25, 0.3) is 0 Å². The molecule has 1 atom stereocenters. The lowest BCUT2D eigenvalue weighted by Gasteiger charge is -2.29. The van der Waals surface area contributed by atoms with Crippen LogP contribution in [0.15, 0.2) is 4.99 Å². The van der Waals surface area contributed by atoms with Gasteiger partial charge >= 0.3 is 0 Å². The predicted molar refractivity (Wildman–Crippen MR) is 59.2 cm³/mol. The van der Waals surface area contributed by atoms with Crippen LogP contribution in [0.1, 0.15) is 25.7 Å². The summed E-state index contributed by atoms with van der Waals surface area (Å²) in [4.78, 5) is 6.92. The zero-order valence-corrected chi connectivity index (χ0v) is 9.19. The monoisotopic (exact) mass is 212 g/mol. The van der Waals surface area contributed by atoms with Crippen molar-refractivity contribution in [2.75, 3.05) is 32.8 Å². The molecule has 2 heterocycles. The maximum absolute atomic E-state index is 8.74. The van der Waals surface area contributed by atoms with Gasteiger partial charge in [-0.15, -0.1) is 0 Å². The van der Waals surface area contributed by atoms with Crippen molar-refractivity contribution in [2.24, 2.45) is 4.99 Å². The van der Waals surface area contributed by atoms with Crippen molar-refractivity contribution in [1.82, 2.24) is 4.90 Å². The molecule has 1 saturated heterocycles. The molecular formula is C11H20N2O2. The topological polar surface area (TPSA) is 45.1 Å². The molecule has 0 radical (unpaired) electrons. The molecule has 4 heteroatoms. The Labute approximate surface area is 90.9 Å². The number of ether oxygens (including phenoxy) is 1. The van der Waals surface area contributed by atoms with Crippen molar-refractivity contribution >= 4 is 5.84 Å². The van der Waals surface area contributed by atoms with Gasteiger partial charge in [-0.2, -0.15) is 0 Å². The number of hydrogen-bond acceptors (Lipinski definition) is 4. The molecule has 2 aliphatic heterocycles. The molecule has 1 N–H and O–H groups in total. The second-order valence-electron chi connectivity index (χ2n) is 4.21. The van der Waals surface area contributed by atoms with Crippen LogP contribution in [0.25, 0.3) is 0 Å². The quantitative estimate of drug-likeness (QED) is 0.747. The minimum Gasteiger partial charge on any atom is -0.394 e. The van der Waals surface area contributed by atoms with Crippen LogP contribution in [0.5, 0.6) is 0 Å². The summed E-state index contributed by atoms with van der Waals surface area (Å²) in [5.41, 5.74) is 0. The Morgan fingerprint density at radius 3 is 3.27 bits per heavy atom. The van der Waals surface area contributed by atoms with E-state index in [4.69, 9.17) is 9.84 Å². The second kappa shape index (κ2) is 5.47. The molecule has 0 bridgehead atoms. The van der Waals surface area contributed by atoms with E-state index in [2.05, 4.69) is 9.89 Å². The summed E-state index contributed by atoms with van der Waals surface area (Å²) in [6.45, 7) is 3.66. The maximum atomic E-state index is 8.74. The Balaban J connectivity index is 1.90. The molecular weight excluding hydrogens is 192 g/mol. The van der Waals surface area contributed by atoms with Crippen LogP contribution in [0, 0.1) is 0 Å². The summed E-state index contributed by atoms with van der Waals surface area (Å²) >= 11 is 0. The third-order valence-electron chi connectivity index (χ3n) is 3.04. The van der Waals surface area contributed by atoms with E-state index in [-0.39, 0.29) is 12.7 Å². The second-order valence-corrected chi connectivity index (χ2v) is 4.21. The summed E-state index contributed by atoms with van der Waals surface area (Å²) in [6, 6.07) is 0. The van der Waals surface area contributed by atoms with Gasteiger partial charge in [0.05, 0.1) is 25.2 Å². The van der Waals surface area contributed by atoms with Crippen LogP contribution < -0.4 is 0 Å². The van der Waals surface area contributed by atoms with Gasteiger partial charge < -0.3 is 14.7 Å². The summed E-state index contributed by atoms with van der Waals surface area (Å²) in [7, 11) is 0. The average molecular weight is 212 g/mol. The lowest BCUT2D eigenvalue weighted by Crippen LogP contribution is -2.39. The van der Waals surface area contributed by atoms with E-state index < -0.39 is 0 Å². The molecule has 0 aromatic heterocycles. The Hall–Kier alpha value is -0.610. The van der Waals surface area contributed by atoms with Gasteiger partial charge in [-0.1, -0.05) is 0 Å². The first-order chi connectivity index (χ1) is 7.40. The average Bonchev–Trinajstić information content (AvgIpc) is 2.47. The fraction of sp³-hybridized carbons (Fsp3) is 0.909. The summed E-state index contributed by atoms with van der Waals surface area (Å²) < 4.78 is 5.61. The van der Waals surface area contributed by atoms with Crippen molar-refractivity contribution in [3.63, 3.8) is 0 Å². The number of aliphatic hydroxyl groups excluding tert-OH is 1. The Morgan fingerprint density at radius 1 is 1.47 bits per heavy atom. The van der Waals surface area contributed by atoms with E-state index in [1.807, 2.05) is 0 Å². The Bertz CT molecular complexity index is 231. The maximum Gasteiger partial charge on any atom is 0.0989 e. The molecule has 0 saturated carbocycles. The molecule has 0 amide bonds. The highest BCUT2D eigenvalue weighted by molar-refractivity contribution is 5.83. The van der Waals surface area contributed by atoms with Crippen LogP contribution in [-0.4, -0.2) is 54.8 Å². The Kier molecular flexibility index (Phi) is 3.97. The fourth-order valence-corrected chi connectivity index (χ4v) is 2.31. The SMILES string of the molecule is OCCOC1CCCC2=NCCCN2C1. The van der Waals surface area contributed by atoms with E-state index >= 15 is 0 Å². The Morgan fingerprint density at radius 2 is 2.40 bits per heavy atom. The smallest absolute Gasteiger partial charge is 0.0989 e. The van der Waals surface area contributed by atoms with Crippen molar-refractivity contribution in [1.29, 1.82) is 0 Å². The van der Waals surface area contributed by atoms with Crippen LogP contribution in [0.3, 0.4) is 0 Å². The first-order valence-corrected chi connectivity index (χ1v) is 5.91.